The molecule has 0 aliphatic carbocycles. The van der Waals surface area contributed by atoms with Gasteiger partial charge in [-0.3, -0.25) is 19.7 Å². The van der Waals surface area contributed by atoms with E-state index >= 15 is 0 Å². The molecule has 2 amide bonds. The van der Waals surface area contributed by atoms with Gasteiger partial charge in [-0.05, 0) is 36.2 Å². The Bertz CT molecular complexity index is 966. The number of hydrogen-bond donors (Lipinski definition) is 0. The van der Waals surface area contributed by atoms with Crippen molar-refractivity contribution >= 4 is 28.9 Å². The summed E-state index contributed by atoms with van der Waals surface area (Å²) in [6, 6.07) is 14.4. The molecule has 0 aromatic heterocycles. The summed E-state index contributed by atoms with van der Waals surface area (Å²) in [6.07, 6.45) is 1.19. The number of non-ortho nitro benzene ring substituents is 1. The van der Waals surface area contributed by atoms with Crippen LogP contribution in [0.4, 0.5) is 17.1 Å². The molecular weight excluding hydrogens is 396 g/mol. The van der Waals surface area contributed by atoms with Gasteiger partial charge in [-0.25, -0.2) is 0 Å². The highest BCUT2D eigenvalue weighted by Crippen LogP contribution is 2.28. The second-order valence-corrected chi connectivity index (χ2v) is 8.01. The topological polar surface area (TPSA) is 87.0 Å². The van der Waals surface area contributed by atoms with Crippen molar-refractivity contribution in [3.05, 3.63) is 64.2 Å². The number of rotatable bonds is 5. The van der Waals surface area contributed by atoms with Gasteiger partial charge in [0.05, 0.1) is 10.8 Å². The number of piperazine rings is 1. The molecule has 0 bridgehead atoms. The van der Waals surface area contributed by atoms with Crippen molar-refractivity contribution in [2.45, 2.75) is 19.8 Å². The number of amides is 2. The van der Waals surface area contributed by atoms with Crippen LogP contribution in [-0.4, -0.2) is 54.4 Å². The van der Waals surface area contributed by atoms with E-state index in [0.717, 1.165) is 17.8 Å². The Hall–Kier alpha value is -3.42. The monoisotopic (exact) mass is 422 g/mol. The molecule has 2 aliphatic rings. The Morgan fingerprint density at radius 2 is 1.61 bits per heavy atom. The van der Waals surface area contributed by atoms with Crippen molar-refractivity contribution in [1.29, 1.82) is 0 Å². The Morgan fingerprint density at radius 3 is 2.19 bits per heavy atom. The molecule has 2 heterocycles. The zero-order chi connectivity index (χ0) is 22.0. The van der Waals surface area contributed by atoms with Crippen molar-refractivity contribution in [3.63, 3.8) is 0 Å². The predicted octanol–water partition coefficient (Wildman–Crippen LogP) is 2.86. The van der Waals surface area contributed by atoms with E-state index in [0.29, 0.717) is 32.7 Å². The number of nitro groups is 1. The summed E-state index contributed by atoms with van der Waals surface area (Å²) in [6.45, 7) is 4.98. The fraction of sp³-hybridized carbons (Fsp3) is 0.391. The van der Waals surface area contributed by atoms with Crippen LogP contribution in [0.15, 0.2) is 48.5 Å². The molecule has 0 radical (unpaired) electrons. The Kier molecular flexibility index (Phi) is 5.88. The average Bonchev–Trinajstić information content (AvgIpc) is 3.20. The summed E-state index contributed by atoms with van der Waals surface area (Å²) in [5.74, 6) is -0.291. The van der Waals surface area contributed by atoms with Crippen LogP contribution in [0.2, 0.25) is 0 Å². The molecule has 0 unspecified atom stereocenters. The summed E-state index contributed by atoms with van der Waals surface area (Å²) >= 11 is 0. The first kappa shape index (κ1) is 20.8. The normalized spacial score (nSPS) is 19.1. The number of carbonyl (C=O) groups excluding carboxylic acids is 2. The summed E-state index contributed by atoms with van der Waals surface area (Å²) in [7, 11) is 0. The minimum absolute atomic E-state index is 0.00730. The zero-order valence-electron chi connectivity index (χ0n) is 17.6. The van der Waals surface area contributed by atoms with Crippen LogP contribution < -0.4 is 9.80 Å². The van der Waals surface area contributed by atoms with Crippen molar-refractivity contribution in [1.82, 2.24) is 4.90 Å². The molecule has 8 nitrogen and oxygen atoms in total. The van der Waals surface area contributed by atoms with E-state index in [-0.39, 0.29) is 29.8 Å². The van der Waals surface area contributed by atoms with Crippen molar-refractivity contribution in [2.75, 3.05) is 42.5 Å². The molecule has 31 heavy (non-hydrogen) atoms. The average molecular weight is 422 g/mol. The van der Waals surface area contributed by atoms with E-state index in [9.17, 15) is 19.7 Å². The maximum absolute atomic E-state index is 13.0. The predicted molar refractivity (Wildman–Crippen MR) is 118 cm³/mol. The van der Waals surface area contributed by atoms with Gasteiger partial charge >= 0.3 is 0 Å². The van der Waals surface area contributed by atoms with Crippen LogP contribution in [0.1, 0.15) is 18.9 Å². The third-order valence-electron chi connectivity index (χ3n) is 6.15. The summed E-state index contributed by atoms with van der Waals surface area (Å²) < 4.78 is 0. The van der Waals surface area contributed by atoms with E-state index in [2.05, 4.69) is 11.8 Å². The first-order valence-corrected chi connectivity index (χ1v) is 10.6. The van der Waals surface area contributed by atoms with Gasteiger partial charge in [0.15, 0.2) is 0 Å². The highest BCUT2D eigenvalue weighted by molar-refractivity contribution is 6.00. The van der Waals surface area contributed by atoms with Gasteiger partial charge in [-0.15, -0.1) is 0 Å². The smallest absolute Gasteiger partial charge is 0.269 e. The minimum Gasteiger partial charge on any atom is -0.368 e. The number of nitrogens with zero attached hydrogens (tertiary/aromatic N) is 4. The highest BCUT2D eigenvalue weighted by Gasteiger charge is 2.38. The van der Waals surface area contributed by atoms with E-state index in [1.165, 1.54) is 17.7 Å². The molecule has 8 heteroatoms. The standard InChI is InChI=1S/C23H26N4O4/c1-2-17-3-5-20(6-4-17)26-16-18(15-22(26)28)23(29)25-13-11-24(12-14-25)19-7-9-21(10-8-19)27(30)31/h3-10,18H,2,11-16H2,1H3/t18-/m0/s1. The van der Waals surface area contributed by atoms with Crippen LogP contribution in [0.25, 0.3) is 0 Å². The summed E-state index contributed by atoms with van der Waals surface area (Å²) in [5.41, 5.74) is 3.04. The van der Waals surface area contributed by atoms with Gasteiger partial charge in [-0.1, -0.05) is 19.1 Å². The fourth-order valence-electron chi connectivity index (χ4n) is 4.26. The van der Waals surface area contributed by atoms with Crippen LogP contribution in [-0.2, 0) is 16.0 Å². The molecule has 2 aliphatic heterocycles. The second kappa shape index (κ2) is 8.75. The lowest BCUT2D eigenvalue weighted by Gasteiger charge is -2.37. The molecular formula is C23H26N4O4. The first-order chi connectivity index (χ1) is 15.0. The zero-order valence-corrected chi connectivity index (χ0v) is 17.6. The molecule has 2 fully saturated rings. The maximum atomic E-state index is 13.0. The molecule has 162 valence electrons. The van der Waals surface area contributed by atoms with Crippen LogP contribution in [0, 0.1) is 16.0 Å². The quantitative estimate of drug-likeness (QED) is 0.546. The number of benzene rings is 2. The number of carbonyl (C=O) groups is 2. The summed E-state index contributed by atoms with van der Waals surface area (Å²) in [5, 5.41) is 10.8. The van der Waals surface area contributed by atoms with E-state index < -0.39 is 4.92 Å². The Morgan fingerprint density at radius 1 is 1.00 bits per heavy atom. The second-order valence-electron chi connectivity index (χ2n) is 8.01. The van der Waals surface area contributed by atoms with E-state index in [1.54, 1.807) is 17.0 Å². The van der Waals surface area contributed by atoms with E-state index in [1.807, 2.05) is 29.2 Å². The molecule has 2 aromatic rings. The SMILES string of the molecule is CCc1ccc(N2C[C@@H](C(=O)N3CCN(c4ccc([N+](=O)[O-])cc4)CC3)CC2=O)cc1. The molecule has 2 saturated heterocycles. The largest absolute Gasteiger partial charge is 0.368 e. The van der Waals surface area contributed by atoms with Crippen LogP contribution in [0.3, 0.4) is 0 Å². The van der Waals surface area contributed by atoms with E-state index in [4.69, 9.17) is 0 Å². The molecule has 1 atom stereocenters. The van der Waals surface area contributed by atoms with Crippen molar-refractivity contribution in [2.24, 2.45) is 5.92 Å². The van der Waals surface area contributed by atoms with Gasteiger partial charge in [0, 0.05) is 62.7 Å². The van der Waals surface area contributed by atoms with Crippen LogP contribution in [0.5, 0.6) is 0 Å². The lowest BCUT2D eigenvalue weighted by atomic mass is 10.1. The lowest BCUT2D eigenvalue weighted by Crippen LogP contribution is -2.50. The summed E-state index contributed by atoms with van der Waals surface area (Å²) in [4.78, 5) is 41.7. The Labute approximate surface area is 181 Å². The highest BCUT2D eigenvalue weighted by atomic mass is 16.6. The van der Waals surface area contributed by atoms with Crippen LogP contribution >= 0.6 is 0 Å². The molecule has 0 N–H and O–H groups in total. The number of hydrogen-bond acceptors (Lipinski definition) is 5. The van der Waals surface area contributed by atoms with Crippen molar-refractivity contribution in [3.8, 4) is 0 Å². The van der Waals surface area contributed by atoms with Gasteiger partial charge in [0.1, 0.15) is 0 Å². The fourth-order valence-corrected chi connectivity index (χ4v) is 4.26. The molecule has 0 spiro atoms. The molecule has 2 aromatic carbocycles. The third-order valence-corrected chi connectivity index (χ3v) is 6.15. The minimum atomic E-state index is -0.412. The van der Waals surface area contributed by atoms with Gasteiger partial charge in [0.2, 0.25) is 11.8 Å². The first-order valence-electron chi connectivity index (χ1n) is 10.6. The van der Waals surface area contributed by atoms with Gasteiger partial charge < -0.3 is 14.7 Å². The lowest BCUT2D eigenvalue weighted by molar-refractivity contribution is -0.384. The van der Waals surface area contributed by atoms with Gasteiger partial charge in [0.25, 0.3) is 5.69 Å². The molecule has 4 rings (SSSR count). The number of anilines is 2. The molecule has 0 saturated carbocycles. The number of aryl methyl sites for hydroxylation is 1. The third kappa shape index (κ3) is 4.38. The maximum Gasteiger partial charge on any atom is 0.269 e. The van der Waals surface area contributed by atoms with Crippen molar-refractivity contribution < 1.29 is 14.5 Å². The van der Waals surface area contributed by atoms with Gasteiger partial charge in [-0.2, -0.15) is 0 Å². The Balaban J connectivity index is 1.34. The number of nitro benzene ring substituents is 1.